The summed E-state index contributed by atoms with van der Waals surface area (Å²) in [6.07, 6.45) is 1.07. The molecule has 0 radical (unpaired) electrons. The zero-order valence-corrected chi connectivity index (χ0v) is 11.2. The first kappa shape index (κ1) is 12.5. The molecule has 0 aliphatic carbocycles. The van der Waals surface area contributed by atoms with Crippen LogP contribution in [0.1, 0.15) is 10.8 Å². The first-order valence-corrected chi connectivity index (χ1v) is 7.11. The SMILES string of the molecule is Cn1cc([C@H]2SCC(O)[C@@H]2[N+](=O)[O-])c2ccccc21. The highest BCUT2D eigenvalue weighted by atomic mass is 32.2. The van der Waals surface area contributed by atoms with Crippen LogP contribution in [-0.4, -0.2) is 32.5 Å². The standard InChI is InChI=1S/C13H14N2O3S/c1-14-6-9(8-4-2-3-5-10(8)14)13-12(15(17)18)11(16)7-19-13/h2-6,11-13,16H,7H2,1H3/t11?,12-,13+/m0/s1. The molecule has 19 heavy (non-hydrogen) atoms. The Balaban J connectivity index is 2.12. The fourth-order valence-electron chi connectivity index (χ4n) is 2.73. The Kier molecular flexibility index (Phi) is 2.99. The minimum absolute atomic E-state index is 0.281. The maximum Gasteiger partial charge on any atom is 0.255 e. The van der Waals surface area contributed by atoms with Crippen LogP contribution in [0.3, 0.4) is 0 Å². The molecule has 5 nitrogen and oxygen atoms in total. The first-order chi connectivity index (χ1) is 9.09. The summed E-state index contributed by atoms with van der Waals surface area (Å²) in [4.78, 5) is 10.8. The molecule has 1 aliphatic rings. The van der Waals surface area contributed by atoms with Crippen molar-refractivity contribution in [3.63, 3.8) is 0 Å². The maximum absolute atomic E-state index is 11.2. The third-order valence-corrected chi connectivity index (χ3v) is 5.05. The van der Waals surface area contributed by atoms with E-state index in [4.69, 9.17) is 0 Å². The van der Waals surface area contributed by atoms with E-state index in [1.54, 1.807) is 0 Å². The van der Waals surface area contributed by atoms with E-state index in [0.717, 1.165) is 16.5 Å². The molecule has 1 saturated heterocycles. The van der Waals surface area contributed by atoms with E-state index in [9.17, 15) is 15.2 Å². The van der Waals surface area contributed by atoms with Gasteiger partial charge in [-0.3, -0.25) is 10.1 Å². The van der Waals surface area contributed by atoms with Gasteiger partial charge >= 0.3 is 0 Å². The van der Waals surface area contributed by atoms with Crippen molar-refractivity contribution < 1.29 is 10.0 Å². The molecule has 2 aromatic rings. The second kappa shape index (κ2) is 4.54. The molecule has 0 amide bonds. The van der Waals surface area contributed by atoms with E-state index in [0.29, 0.717) is 5.75 Å². The second-order valence-corrected chi connectivity index (χ2v) is 5.98. The van der Waals surface area contributed by atoms with Crippen LogP contribution in [0.4, 0.5) is 0 Å². The molecule has 3 atom stereocenters. The van der Waals surface area contributed by atoms with Gasteiger partial charge in [0.05, 0.1) is 0 Å². The van der Waals surface area contributed by atoms with Gasteiger partial charge in [-0.2, -0.15) is 0 Å². The number of thioether (sulfide) groups is 1. The normalized spacial score (nSPS) is 26.9. The molecule has 1 fully saturated rings. The number of aliphatic hydroxyl groups excluding tert-OH is 1. The minimum Gasteiger partial charge on any atom is -0.385 e. The molecule has 1 unspecified atom stereocenters. The van der Waals surface area contributed by atoms with Gasteiger partial charge in [0, 0.05) is 34.8 Å². The molecule has 3 rings (SSSR count). The van der Waals surface area contributed by atoms with Crippen LogP contribution in [0.5, 0.6) is 0 Å². The lowest BCUT2D eigenvalue weighted by atomic mass is 10.0. The average molecular weight is 278 g/mol. The third-order valence-electron chi connectivity index (χ3n) is 3.63. The van der Waals surface area contributed by atoms with Crippen molar-refractivity contribution in [3.05, 3.63) is 46.1 Å². The summed E-state index contributed by atoms with van der Waals surface area (Å²) >= 11 is 1.46. The smallest absolute Gasteiger partial charge is 0.255 e. The Morgan fingerprint density at radius 2 is 2.21 bits per heavy atom. The summed E-state index contributed by atoms with van der Waals surface area (Å²) in [5.74, 6) is 0.416. The lowest BCUT2D eigenvalue weighted by Gasteiger charge is -2.13. The molecular formula is C13H14N2O3S. The Labute approximate surface area is 114 Å². The van der Waals surface area contributed by atoms with Gasteiger partial charge in [0.2, 0.25) is 0 Å². The van der Waals surface area contributed by atoms with E-state index in [1.165, 1.54) is 11.8 Å². The number of benzene rings is 1. The molecule has 1 aromatic carbocycles. The summed E-state index contributed by atoms with van der Waals surface area (Å²) in [6, 6.07) is 6.94. The summed E-state index contributed by atoms with van der Waals surface area (Å²) in [5, 5.41) is 21.7. The van der Waals surface area contributed by atoms with Gasteiger partial charge in [0.25, 0.3) is 6.04 Å². The molecule has 6 heteroatoms. The van der Waals surface area contributed by atoms with Crippen LogP contribution >= 0.6 is 11.8 Å². The second-order valence-electron chi connectivity index (χ2n) is 4.81. The fraction of sp³-hybridized carbons (Fsp3) is 0.385. The van der Waals surface area contributed by atoms with Crippen molar-refractivity contribution in [1.29, 1.82) is 0 Å². The van der Waals surface area contributed by atoms with Crippen molar-refractivity contribution in [2.24, 2.45) is 7.05 Å². The topological polar surface area (TPSA) is 68.3 Å². The Morgan fingerprint density at radius 3 is 2.95 bits per heavy atom. The van der Waals surface area contributed by atoms with Crippen LogP contribution in [0, 0.1) is 10.1 Å². The minimum atomic E-state index is -0.921. The fourth-order valence-corrected chi connectivity index (χ4v) is 4.17. The quantitative estimate of drug-likeness (QED) is 0.673. The van der Waals surface area contributed by atoms with E-state index in [1.807, 2.05) is 42.1 Å². The molecular weight excluding hydrogens is 264 g/mol. The molecule has 0 saturated carbocycles. The van der Waals surface area contributed by atoms with Gasteiger partial charge in [-0.05, 0) is 11.6 Å². The number of hydrogen-bond donors (Lipinski definition) is 1. The van der Waals surface area contributed by atoms with E-state index in [-0.39, 0.29) is 10.2 Å². The van der Waals surface area contributed by atoms with Gasteiger partial charge in [-0.25, -0.2) is 0 Å². The number of aryl methyl sites for hydroxylation is 1. The van der Waals surface area contributed by atoms with Gasteiger partial charge in [0.15, 0.2) is 0 Å². The molecule has 0 bridgehead atoms. The number of hydrogen-bond acceptors (Lipinski definition) is 4. The predicted octanol–water partition coefficient (Wildman–Crippen LogP) is 1.97. The predicted molar refractivity (Wildman–Crippen MR) is 74.9 cm³/mol. The van der Waals surface area contributed by atoms with E-state index >= 15 is 0 Å². The molecule has 100 valence electrons. The van der Waals surface area contributed by atoms with Gasteiger partial charge in [0.1, 0.15) is 11.4 Å². The number of nitrogens with zero attached hydrogens (tertiary/aromatic N) is 2. The number of nitro groups is 1. The summed E-state index contributed by atoms with van der Waals surface area (Å²) in [6.45, 7) is 0. The third kappa shape index (κ3) is 1.91. The van der Waals surface area contributed by atoms with Gasteiger partial charge in [-0.15, -0.1) is 11.8 Å². The lowest BCUT2D eigenvalue weighted by molar-refractivity contribution is -0.531. The van der Waals surface area contributed by atoms with Crippen LogP contribution in [-0.2, 0) is 7.05 Å². The van der Waals surface area contributed by atoms with Gasteiger partial charge < -0.3 is 9.67 Å². The van der Waals surface area contributed by atoms with Crippen molar-refractivity contribution >= 4 is 22.7 Å². The Bertz CT molecular complexity index is 640. The molecule has 2 heterocycles. The largest absolute Gasteiger partial charge is 0.385 e. The summed E-state index contributed by atoms with van der Waals surface area (Å²) < 4.78 is 1.98. The Morgan fingerprint density at radius 1 is 1.47 bits per heavy atom. The summed E-state index contributed by atoms with van der Waals surface area (Å²) in [5.41, 5.74) is 2.00. The zero-order chi connectivity index (χ0) is 13.6. The molecule has 0 spiro atoms. The van der Waals surface area contributed by atoms with E-state index < -0.39 is 12.1 Å². The maximum atomic E-state index is 11.2. The number of fused-ring (bicyclic) bond motifs is 1. The number of aliphatic hydroxyl groups is 1. The number of aromatic nitrogens is 1. The highest BCUT2D eigenvalue weighted by Crippen LogP contribution is 2.44. The zero-order valence-electron chi connectivity index (χ0n) is 10.4. The molecule has 1 aromatic heterocycles. The van der Waals surface area contributed by atoms with Crippen LogP contribution < -0.4 is 0 Å². The van der Waals surface area contributed by atoms with Crippen LogP contribution in [0.15, 0.2) is 30.5 Å². The van der Waals surface area contributed by atoms with Crippen LogP contribution in [0.25, 0.3) is 10.9 Å². The lowest BCUT2D eigenvalue weighted by Crippen LogP contribution is -2.33. The Hall–Kier alpha value is -1.53. The highest BCUT2D eigenvalue weighted by molar-refractivity contribution is 7.99. The number of rotatable bonds is 2. The highest BCUT2D eigenvalue weighted by Gasteiger charge is 2.46. The average Bonchev–Trinajstić information content (AvgIpc) is 2.91. The first-order valence-electron chi connectivity index (χ1n) is 6.06. The molecule has 1 N–H and O–H groups in total. The number of para-hydroxylation sites is 1. The van der Waals surface area contributed by atoms with Gasteiger partial charge in [-0.1, -0.05) is 18.2 Å². The van der Waals surface area contributed by atoms with Crippen molar-refractivity contribution in [2.75, 3.05) is 5.75 Å². The monoisotopic (exact) mass is 278 g/mol. The van der Waals surface area contributed by atoms with Crippen molar-refractivity contribution in [3.8, 4) is 0 Å². The molecule has 1 aliphatic heterocycles. The van der Waals surface area contributed by atoms with Crippen LogP contribution in [0.2, 0.25) is 0 Å². The van der Waals surface area contributed by atoms with E-state index in [2.05, 4.69) is 0 Å². The summed E-state index contributed by atoms with van der Waals surface area (Å²) in [7, 11) is 1.93. The van der Waals surface area contributed by atoms with Crippen molar-refractivity contribution in [2.45, 2.75) is 17.4 Å². The van der Waals surface area contributed by atoms with Crippen molar-refractivity contribution in [1.82, 2.24) is 4.57 Å².